The number of fused-ring (bicyclic) bond motifs is 1. The van der Waals surface area contributed by atoms with Gasteiger partial charge in [0.15, 0.2) is 17.1 Å². The second-order valence-electron chi connectivity index (χ2n) is 10.6. The smallest absolute Gasteiger partial charge is 0.418 e. The summed E-state index contributed by atoms with van der Waals surface area (Å²) < 4.78 is 41.1. The number of hydrogen-bond acceptors (Lipinski definition) is 16. The fourth-order valence-corrected chi connectivity index (χ4v) is 5.37. The second kappa shape index (κ2) is 12.7. The molecule has 2 fully saturated rings. The Kier molecular flexibility index (Phi) is 9.07. The molecule has 2 saturated heterocycles. The molecule has 5 rings (SSSR count). The molecule has 0 aliphatic carbocycles. The molecule has 8 N–H and O–H groups in total. The Balaban J connectivity index is 1.27. The number of β-lactam (4-membered cyclic amide) rings is 1. The molecule has 0 spiro atoms. The van der Waals surface area contributed by atoms with Gasteiger partial charge in [-0.05, 0) is 44.2 Å². The number of carbonyl (C=O) groups excluding carboxylic acids is 2. The maximum absolute atomic E-state index is 13.2. The maximum Gasteiger partial charge on any atom is 0.418 e. The van der Waals surface area contributed by atoms with Gasteiger partial charge in [-0.15, -0.1) is 15.6 Å². The van der Waals surface area contributed by atoms with Gasteiger partial charge in [-0.1, -0.05) is 5.16 Å². The number of hydroxylamine groups is 2. The molecule has 18 nitrogen and oxygen atoms in total. The number of nitrogens with zero attached hydrogens (tertiary/aromatic N) is 4. The summed E-state index contributed by atoms with van der Waals surface area (Å²) in [4.78, 5) is 39.6. The first-order valence-corrected chi connectivity index (χ1v) is 15.6. The Labute approximate surface area is 260 Å². The van der Waals surface area contributed by atoms with Gasteiger partial charge in [0.05, 0.1) is 17.1 Å². The van der Waals surface area contributed by atoms with Crippen LogP contribution in [0.15, 0.2) is 40.9 Å². The molecular formula is C25H30N8O10S2. The number of nitrogens with two attached hydrogens (primary N) is 1. The van der Waals surface area contributed by atoms with Crippen LogP contribution in [0, 0.1) is 0 Å². The summed E-state index contributed by atoms with van der Waals surface area (Å²) in [6, 6.07) is 7.85. The normalized spacial score (nSPS) is 19.2. The molecule has 3 aromatic rings. The molecule has 2 aromatic heterocycles. The van der Waals surface area contributed by atoms with Crippen molar-refractivity contribution in [3.8, 4) is 5.75 Å². The van der Waals surface area contributed by atoms with Crippen molar-refractivity contribution in [3.05, 3.63) is 41.4 Å². The summed E-state index contributed by atoms with van der Waals surface area (Å²) in [5.74, 6) is -0.850. The summed E-state index contributed by atoms with van der Waals surface area (Å²) in [6.07, 6.45) is -3.57. The number of aliphatic hydroxyl groups excluding tert-OH is 1. The van der Waals surface area contributed by atoms with Crippen LogP contribution in [0.25, 0.3) is 10.9 Å². The third kappa shape index (κ3) is 7.39. The number of benzene rings is 1. The van der Waals surface area contributed by atoms with Crippen LogP contribution < -0.4 is 26.4 Å². The van der Waals surface area contributed by atoms with Crippen LogP contribution in [-0.4, -0.2) is 105 Å². The SMILES string of the molecule is CC1(C)[C@H](NC(=O)/C(=N\OC(COc2ccc3nc(NC4CNC4)ccc3c2)C(O)O)c2csc(N)n2)C(=O)N1OS(=O)(=O)O. The zero-order valence-corrected chi connectivity index (χ0v) is 25.4. The van der Waals surface area contributed by atoms with E-state index >= 15 is 0 Å². The third-order valence-corrected chi connectivity index (χ3v) is 7.93. The number of anilines is 2. The van der Waals surface area contributed by atoms with Gasteiger partial charge in [-0.3, -0.25) is 14.1 Å². The molecule has 1 aromatic carbocycles. The molecule has 0 radical (unpaired) electrons. The Morgan fingerprint density at radius 2 is 2.02 bits per heavy atom. The van der Waals surface area contributed by atoms with Crippen molar-refractivity contribution in [2.24, 2.45) is 5.16 Å². The number of amides is 2. The highest BCUT2D eigenvalue weighted by molar-refractivity contribution is 7.80. The first-order chi connectivity index (χ1) is 21.2. The Morgan fingerprint density at radius 1 is 1.27 bits per heavy atom. The topological polar surface area (TPSA) is 260 Å². The zero-order valence-electron chi connectivity index (χ0n) is 23.8. The molecule has 20 heteroatoms. The fraction of sp³-hybridized carbons (Fsp3) is 0.400. The van der Waals surface area contributed by atoms with E-state index in [2.05, 4.69) is 35.4 Å². The minimum Gasteiger partial charge on any atom is -0.489 e. The molecular weight excluding hydrogens is 636 g/mol. The van der Waals surface area contributed by atoms with Gasteiger partial charge in [0.25, 0.3) is 11.8 Å². The highest BCUT2D eigenvalue weighted by Gasteiger charge is 2.58. The van der Waals surface area contributed by atoms with E-state index in [0.29, 0.717) is 16.9 Å². The van der Waals surface area contributed by atoms with Crippen LogP contribution >= 0.6 is 11.3 Å². The van der Waals surface area contributed by atoms with Crippen molar-refractivity contribution in [2.75, 3.05) is 30.7 Å². The van der Waals surface area contributed by atoms with Crippen molar-refractivity contribution in [2.45, 2.75) is 43.9 Å². The lowest BCUT2D eigenvalue weighted by atomic mass is 9.84. The predicted octanol–water partition coefficient (Wildman–Crippen LogP) is -1.02. The van der Waals surface area contributed by atoms with E-state index in [1.165, 1.54) is 19.2 Å². The number of hydrogen-bond donors (Lipinski definition) is 7. The number of rotatable bonds is 13. The van der Waals surface area contributed by atoms with Gasteiger partial charge in [0, 0.05) is 23.9 Å². The van der Waals surface area contributed by atoms with Gasteiger partial charge in [0.2, 0.25) is 6.10 Å². The van der Waals surface area contributed by atoms with Crippen molar-refractivity contribution in [1.29, 1.82) is 0 Å². The lowest BCUT2D eigenvalue weighted by Gasteiger charge is -2.50. The minimum absolute atomic E-state index is 0.0535. The number of carbonyl (C=O) groups is 2. The van der Waals surface area contributed by atoms with Crippen LogP contribution in [0.4, 0.5) is 10.9 Å². The van der Waals surface area contributed by atoms with Crippen LogP contribution in [0.5, 0.6) is 5.75 Å². The molecule has 1 unspecified atom stereocenters. The highest BCUT2D eigenvalue weighted by atomic mass is 32.3. The van der Waals surface area contributed by atoms with Gasteiger partial charge >= 0.3 is 10.4 Å². The van der Waals surface area contributed by atoms with E-state index in [0.717, 1.165) is 41.1 Å². The van der Waals surface area contributed by atoms with E-state index in [-0.39, 0.29) is 10.8 Å². The molecule has 0 bridgehead atoms. The number of thiazole rings is 1. The minimum atomic E-state index is -5.01. The van der Waals surface area contributed by atoms with E-state index < -0.39 is 58.5 Å². The molecule has 0 saturated carbocycles. The number of pyridine rings is 1. The van der Waals surface area contributed by atoms with Crippen LogP contribution in [0.1, 0.15) is 19.5 Å². The molecule has 2 amide bonds. The standard InChI is InChI=1S/C25H30N8O10S2/c1-25(2)20(22(35)33(25)43-45(38,39)40)31-21(34)19(16-11-44-24(26)30-16)32-42-17(23(36)37)10-41-14-4-5-15-12(7-14)3-6-18(29-15)28-13-8-27-9-13/h3-7,11,13,17,20,23,27,36-37H,8-10H2,1-2H3,(H2,26,30)(H,28,29)(H,31,34)(H,38,39,40)/b32-19-/t17?,20-/m1/s1. The lowest BCUT2D eigenvalue weighted by Crippen LogP contribution is -2.76. The molecule has 2 aliphatic heterocycles. The molecule has 2 aliphatic rings. The van der Waals surface area contributed by atoms with Gasteiger partial charge in [0.1, 0.15) is 29.9 Å². The predicted molar refractivity (Wildman–Crippen MR) is 159 cm³/mol. The molecule has 4 heterocycles. The summed E-state index contributed by atoms with van der Waals surface area (Å²) in [6.45, 7) is 4.08. The van der Waals surface area contributed by atoms with Gasteiger partial charge < -0.3 is 41.5 Å². The van der Waals surface area contributed by atoms with Gasteiger partial charge in [-0.2, -0.15) is 13.5 Å². The van der Waals surface area contributed by atoms with E-state index in [1.54, 1.807) is 18.2 Å². The summed E-state index contributed by atoms with van der Waals surface area (Å²) in [7, 11) is -5.01. The van der Waals surface area contributed by atoms with E-state index in [1.807, 2.05) is 12.1 Å². The Morgan fingerprint density at radius 3 is 2.62 bits per heavy atom. The average Bonchev–Trinajstić information content (AvgIpc) is 3.38. The van der Waals surface area contributed by atoms with E-state index in [4.69, 9.17) is 19.9 Å². The first-order valence-electron chi connectivity index (χ1n) is 13.4. The number of aromatic nitrogens is 2. The van der Waals surface area contributed by atoms with Crippen molar-refractivity contribution in [3.63, 3.8) is 0 Å². The van der Waals surface area contributed by atoms with Crippen LogP contribution in [0.2, 0.25) is 0 Å². The average molecular weight is 667 g/mol. The first kappa shape index (κ1) is 32.2. The molecule has 45 heavy (non-hydrogen) atoms. The Bertz CT molecular complexity index is 1730. The Hall–Kier alpha value is -4.18. The summed E-state index contributed by atoms with van der Waals surface area (Å²) >= 11 is 0.978. The number of nitrogens with one attached hydrogen (secondary N) is 3. The number of ether oxygens (including phenoxy) is 1. The number of aliphatic hydroxyl groups is 2. The number of oxime groups is 1. The maximum atomic E-state index is 13.2. The van der Waals surface area contributed by atoms with E-state index in [9.17, 15) is 28.2 Å². The monoisotopic (exact) mass is 666 g/mol. The van der Waals surface area contributed by atoms with Crippen molar-refractivity contribution >= 4 is 61.1 Å². The molecule has 242 valence electrons. The highest BCUT2D eigenvalue weighted by Crippen LogP contribution is 2.33. The van der Waals surface area contributed by atoms with Crippen molar-refractivity contribution < 1.29 is 46.6 Å². The lowest BCUT2D eigenvalue weighted by molar-refractivity contribution is -0.218. The van der Waals surface area contributed by atoms with Gasteiger partial charge in [-0.25, -0.2) is 9.97 Å². The summed E-state index contributed by atoms with van der Waals surface area (Å²) in [5, 5.41) is 35.2. The quantitative estimate of drug-likeness (QED) is 0.0378. The third-order valence-electron chi connectivity index (χ3n) is 6.92. The largest absolute Gasteiger partial charge is 0.489 e. The fourth-order valence-electron chi connectivity index (χ4n) is 4.36. The summed E-state index contributed by atoms with van der Waals surface area (Å²) in [5.41, 5.74) is 4.48. The zero-order chi connectivity index (χ0) is 32.5. The van der Waals surface area contributed by atoms with Crippen molar-refractivity contribution in [1.82, 2.24) is 25.7 Å². The van der Waals surface area contributed by atoms with Crippen LogP contribution in [-0.2, 0) is 29.1 Å². The number of nitrogen functional groups attached to an aromatic ring is 1. The molecule has 2 atom stereocenters. The second-order valence-corrected chi connectivity index (χ2v) is 12.5. The van der Waals surface area contributed by atoms with Crippen LogP contribution in [0.3, 0.4) is 0 Å².